The number of hydrogen-bond donors (Lipinski definition) is 0. The number of alkyl halides is 3. The molecule has 0 saturated carbocycles. The first kappa shape index (κ1) is 20.9. The number of pyridine rings is 1. The van der Waals surface area contributed by atoms with Crippen LogP contribution < -0.4 is 4.90 Å². The molecule has 0 N–H and O–H groups in total. The number of carbonyl (C=O) groups excluding carboxylic acids is 1. The zero-order chi connectivity index (χ0) is 23.3. The van der Waals surface area contributed by atoms with Gasteiger partial charge >= 0.3 is 6.18 Å². The van der Waals surface area contributed by atoms with Crippen molar-refractivity contribution >= 4 is 11.6 Å². The minimum Gasteiger partial charge on any atom is -0.356 e. The van der Waals surface area contributed by atoms with Gasteiger partial charge in [0.1, 0.15) is 11.4 Å². The van der Waals surface area contributed by atoms with E-state index in [1.807, 2.05) is 13.0 Å². The summed E-state index contributed by atoms with van der Waals surface area (Å²) in [5.74, 6) is 0.121. The van der Waals surface area contributed by atoms with E-state index < -0.39 is 11.7 Å². The minimum absolute atomic E-state index is 0.0531. The van der Waals surface area contributed by atoms with E-state index in [2.05, 4.69) is 15.2 Å². The monoisotopic (exact) mass is 453 g/mol. The summed E-state index contributed by atoms with van der Waals surface area (Å²) in [6.07, 6.45) is 0.384. The molecule has 10 heteroatoms. The predicted molar refractivity (Wildman–Crippen MR) is 114 cm³/mol. The Bertz CT molecular complexity index is 1340. The normalized spacial score (nSPS) is 16.2. The summed E-state index contributed by atoms with van der Waals surface area (Å²) in [5.41, 5.74) is 1.68. The molecule has 4 heterocycles. The van der Waals surface area contributed by atoms with Crippen molar-refractivity contribution in [3.8, 4) is 22.6 Å². The fourth-order valence-corrected chi connectivity index (χ4v) is 4.05. The molecule has 0 spiro atoms. The third kappa shape index (κ3) is 3.57. The van der Waals surface area contributed by atoms with Crippen LogP contribution in [-0.4, -0.2) is 32.4 Å². The van der Waals surface area contributed by atoms with E-state index in [1.54, 1.807) is 35.4 Å². The van der Waals surface area contributed by atoms with Crippen molar-refractivity contribution in [3.63, 3.8) is 0 Å². The van der Waals surface area contributed by atoms with Gasteiger partial charge in [0.15, 0.2) is 5.76 Å². The first-order valence-electron chi connectivity index (χ1n) is 10.2. The van der Waals surface area contributed by atoms with E-state index in [9.17, 15) is 18.0 Å². The first-order valence-corrected chi connectivity index (χ1v) is 10.2. The molecule has 0 saturated heterocycles. The maximum Gasteiger partial charge on any atom is 0.416 e. The van der Waals surface area contributed by atoms with Crippen LogP contribution >= 0.6 is 0 Å². The van der Waals surface area contributed by atoms with E-state index >= 15 is 0 Å². The fourth-order valence-electron chi connectivity index (χ4n) is 4.05. The molecule has 0 unspecified atom stereocenters. The van der Waals surface area contributed by atoms with E-state index in [0.717, 1.165) is 11.6 Å². The number of halogens is 3. The summed E-state index contributed by atoms with van der Waals surface area (Å²) in [6.45, 7) is 3.55. The number of anilines is 1. The Hall–Kier alpha value is -3.95. The lowest BCUT2D eigenvalue weighted by Gasteiger charge is -2.32. The van der Waals surface area contributed by atoms with E-state index in [0.29, 0.717) is 28.4 Å². The van der Waals surface area contributed by atoms with Crippen molar-refractivity contribution in [2.75, 3.05) is 11.4 Å². The topological polar surface area (TPSA) is 77.1 Å². The number of aromatic nitrogens is 4. The molecule has 0 bridgehead atoms. The van der Waals surface area contributed by atoms with Gasteiger partial charge in [0.25, 0.3) is 5.91 Å². The average Bonchev–Trinajstić information content (AvgIpc) is 3.43. The van der Waals surface area contributed by atoms with Gasteiger partial charge in [0, 0.05) is 36.3 Å². The lowest BCUT2D eigenvalue weighted by atomic mass is 10.0. The lowest BCUT2D eigenvalue weighted by molar-refractivity contribution is -0.138. The van der Waals surface area contributed by atoms with Crippen LogP contribution in [-0.2, 0) is 6.18 Å². The molecule has 168 valence electrons. The van der Waals surface area contributed by atoms with Gasteiger partial charge in [-0.1, -0.05) is 5.16 Å². The summed E-state index contributed by atoms with van der Waals surface area (Å²) in [7, 11) is 0. The summed E-state index contributed by atoms with van der Waals surface area (Å²) in [4.78, 5) is 19.0. The van der Waals surface area contributed by atoms with Crippen LogP contribution in [0.3, 0.4) is 0 Å². The number of rotatable bonds is 3. The maximum atomic E-state index is 13.5. The Morgan fingerprint density at radius 1 is 1.15 bits per heavy atom. The molecule has 5 rings (SSSR count). The quantitative estimate of drug-likeness (QED) is 0.429. The number of fused-ring (bicyclic) bond motifs is 1. The highest BCUT2D eigenvalue weighted by Crippen LogP contribution is 2.37. The zero-order valence-corrected chi connectivity index (χ0v) is 17.7. The molecule has 0 fully saturated rings. The van der Waals surface area contributed by atoms with Gasteiger partial charge in [-0.15, -0.1) is 0 Å². The summed E-state index contributed by atoms with van der Waals surface area (Å²) < 4.78 is 46.6. The van der Waals surface area contributed by atoms with Crippen LogP contribution in [0.1, 0.15) is 34.6 Å². The maximum absolute atomic E-state index is 13.5. The fraction of sp³-hybridized carbons (Fsp3) is 0.217. The van der Waals surface area contributed by atoms with Gasteiger partial charge in [-0.3, -0.25) is 14.5 Å². The number of nitrogens with zero attached hydrogens (tertiary/aromatic N) is 5. The molecule has 7 nitrogen and oxygen atoms in total. The molecule has 3 aromatic heterocycles. The second kappa shape index (κ2) is 7.58. The Labute approximate surface area is 186 Å². The summed E-state index contributed by atoms with van der Waals surface area (Å²) in [6, 6.07) is 8.82. The summed E-state index contributed by atoms with van der Waals surface area (Å²) >= 11 is 0. The highest BCUT2D eigenvalue weighted by atomic mass is 19.4. The van der Waals surface area contributed by atoms with Crippen LogP contribution in [0.25, 0.3) is 22.6 Å². The van der Waals surface area contributed by atoms with Crippen molar-refractivity contribution in [1.29, 1.82) is 0 Å². The van der Waals surface area contributed by atoms with Gasteiger partial charge in [-0.2, -0.15) is 18.3 Å². The number of hydrogen-bond acceptors (Lipinski definition) is 5. The zero-order valence-electron chi connectivity index (χ0n) is 17.7. The number of amides is 1. The molecule has 4 aromatic rings. The second-order valence-electron chi connectivity index (χ2n) is 7.93. The second-order valence-corrected chi connectivity index (χ2v) is 7.93. The van der Waals surface area contributed by atoms with Gasteiger partial charge in [0.2, 0.25) is 0 Å². The van der Waals surface area contributed by atoms with Crippen LogP contribution in [0.5, 0.6) is 0 Å². The highest BCUT2D eigenvalue weighted by Gasteiger charge is 2.36. The molecule has 33 heavy (non-hydrogen) atoms. The minimum atomic E-state index is -4.45. The average molecular weight is 453 g/mol. The van der Waals surface area contributed by atoms with Crippen LogP contribution in [0.4, 0.5) is 18.9 Å². The lowest BCUT2D eigenvalue weighted by Crippen LogP contribution is -2.42. The summed E-state index contributed by atoms with van der Waals surface area (Å²) in [5, 5.41) is 8.47. The van der Waals surface area contributed by atoms with Gasteiger partial charge in [-0.05, 0) is 49.7 Å². The molecule has 0 radical (unpaired) electrons. The van der Waals surface area contributed by atoms with Crippen molar-refractivity contribution in [1.82, 2.24) is 19.9 Å². The van der Waals surface area contributed by atoms with Crippen LogP contribution in [0, 0.1) is 6.92 Å². The van der Waals surface area contributed by atoms with Crippen LogP contribution in [0.15, 0.2) is 59.5 Å². The smallest absolute Gasteiger partial charge is 0.356 e. The van der Waals surface area contributed by atoms with E-state index in [4.69, 9.17) is 4.52 Å². The molecular weight excluding hydrogens is 435 g/mol. The molecular formula is C23H18F3N5O2. The Kier molecular flexibility index (Phi) is 4.80. The number of aryl methyl sites for hydroxylation is 1. The van der Waals surface area contributed by atoms with Gasteiger partial charge < -0.3 is 9.42 Å². The highest BCUT2D eigenvalue weighted by molar-refractivity contribution is 6.09. The number of benzene rings is 1. The molecule has 1 aliphatic heterocycles. The van der Waals surface area contributed by atoms with E-state index in [1.165, 1.54) is 24.0 Å². The SMILES string of the molecule is Cc1cc(N2C[C@H](C)n3ncc(-c4cc(-c5cccnc5)on4)c3C2=O)ccc1C(F)(F)F. The van der Waals surface area contributed by atoms with Crippen molar-refractivity contribution < 1.29 is 22.5 Å². The van der Waals surface area contributed by atoms with Crippen molar-refractivity contribution in [3.05, 3.63) is 71.8 Å². The molecule has 1 atom stereocenters. The Morgan fingerprint density at radius 2 is 1.97 bits per heavy atom. The molecule has 1 aromatic carbocycles. The van der Waals surface area contributed by atoms with Gasteiger partial charge in [-0.25, -0.2) is 0 Å². The third-order valence-electron chi connectivity index (χ3n) is 5.67. The van der Waals surface area contributed by atoms with Crippen molar-refractivity contribution in [2.24, 2.45) is 0 Å². The van der Waals surface area contributed by atoms with E-state index in [-0.39, 0.29) is 24.1 Å². The Balaban J connectivity index is 1.53. The molecule has 1 aliphatic rings. The van der Waals surface area contributed by atoms with Gasteiger partial charge in [0.05, 0.1) is 23.4 Å². The Morgan fingerprint density at radius 3 is 2.67 bits per heavy atom. The molecule has 0 aliphatic carbocycles. The first-order chi connectivity index (χ1) is 15.7. The predicted octanol–water partition coefficient (Wildman–Crippen LogP) is 5.15. The van der Waals surface area contributed by atoms with Crippen LogP contribution in [0.2, 0.25) is 0 Å². The largest absolute Gasteiger partial charge is 0.416 e. The standard InChI is InChI=1S/C23H18F3N5O2/c1-13-8-16(5-6-18(13)23(24,25)26)30-12-14(2)31-21(22(30)32)17(11-28-31)19-9-20(33-29-19)15-4-3-7-27-10-15/h3-11,14H,12H2,1-2H3/t14-/m0/s1. The number of carbonyl (C=O) groups is 1. The molecule has 1 amide bonds. The van der Waals surface area contributed by atoms with Crippen molar-refractivity contribution in [2.45, 2.75) is 26.1 Å². The third-order valence-corrected chi connectivity index (χ3v) is 5.67.